The van der Waals surface area contributed by atoms with E-state index in [0.717, 1.165) is 12.1 Å². The summed E-state index contributed by atoms with van der Waals surface area (Å²) in [7, 11) is 3.05. The second kappa shape index (κ2) is 7.22. The van der Waals surface area contributed by atoms with E-state index >= 15 is 0 Å². The lowest BCUT2D eigenvalue weighted by Gasteiger charge is -2.08. The van der Waals surface area contributed by atoms with Crippen LogP contribution in [0.15, 0.2) is 42.5 Å². The van der Waals surface area contributed by atoms with E-state index in [2.05, 4.69) is 15.5 Å². The number of hydrogen-bond acceptors (Lipinski definition) is 4. The highest BCUT2D eigenvalue weighted by Crippen LogP contribution is 2.32. The number of carbonyl (C=O) groups is 1. The molecule has 1 amide bonds. The lowest BCUT2D eigenvalue weighted by atomic mass is 10.1. The molecule has 1 aromatic heterocycles. The van der Waals surface area contributed by atoms with Crippen LogP contribution in [-0.2, 0) is 0 Å². The predicted molar refractivity (Wildman–Crippen MR) is 91.4 cm³/mol. The molecule has 0 radical (unpaired) electrons. The maximum atomic E-state index is 13.7. The fourth-order valence-corrected chi connectivity index (χ4v) is 2.37. The molecule has 0 bridgehead atoms. The first-order valence-electron chi connectivity index (χ1n) is 7.56. The number of nitrogens with one attached hydrogen (secondary N) is 2. The van der Waals surface area contributed by atoms with Crippen LogP contribution in [0.5, 0.6) is 11.5 Å². The molecule has 0 aliphatic rings. The first kappa shape index (κ1) is 17.4. The Morgan fingerprint density at radius 1 is 1.08 bits per heavy atom. The molecule has 2 N–H and O–H groups in total. The molecular formula is C18H15F2N3O3. The number of anilines is 1. The van der Waals surface area contributed by atoms with Crippen LogP contribution in [0.25, 0.3) is 11.3 Å². The number of nitrogens with zero attached hydrogens (tertiary/aromatic N) is 1. The standard InChI is InChI=1S/C18H15F2N3O3/c1-25-11-4-5-12(17(8-11)26-2)15-9-16(23-22-15)18(24)21-14-6-3-10(19)7-13(14)20/h3-9H,1-2H3,(H,21,24)(H,22,23). The summed E-state index contributed by atoms with van der Waals surface area (Å²) in [4.78, 5) is 12.3. The molecule has 0 aliphatic carbocycles. The van der Waals surface area contributed by atoms with Crippen LogP contribution in [0, 0.1) is 11.6 Å². The van der Waals surface area contributed by atoms with Crippen LogP contribution in [0.4, 0.5) is 14.5 Å². The first-order valence-corrected chi connectivity index (χ1v) is 7.56. The van der Waals surface area contributed by atoms with Crippen molar-refractivity contribution in [2.75, 3.05) is 19.5 Å². The Morgan fingerprint density at radius 3 is 2.58 bits per heavy atom. The van der Waals surface area contributed by atoms with Gasteiger partial charge in [-0.2, -0.15) is 5.10 Å². The zero-order valence-corrected chi connectivity index (χ0v) is 14.0. The van der Waals surface area contributed by atoms with E-state index in [0.29, 0.717) is 28.8 Å². The Hall–Kier alpha value is -3.42. The molecule has 0 spiro atoms. The lowest BCUT2D eigenvalue weighted by molar-refractivity contribution is 0.102. The van der Waals surface area contributed by atoms with Gasteiger partial charge in [0.05, 0.1) is 25.6 Å². The number of rotatable bonds is 5. The highest BCUT2D eigenvalue weighted by Gasteiger charge is 2.16. The number of methoxy groups -OCH3 is 2. The third kappa shape index (κ3) is 3.49. The monoisotopic (exact) mass is 359 g/mol. The minimum Gasteiger partial charge on any atom is -0.497 e. The fourth-order valence-electron chi connectivity index (χ4n) is 2.37. The predicted octanol–water partition coefficient (Wildman–Crippen LogP) is 3.62. The number of carbonyl (C=O) groups excluding carboxylic acids is 1. The Bertz CT molecular complexity index is 957. The maximum Gasteiger partial charge on any atom is 0.273 e. The fraction of sp³-hybridized carbons (Fsp3) is 0.111. The molecular weight excluding hydrogens is 344 g/mol. The molecule has 0 saturated heterocycles. The zero-order valence-electron chi connectivity index (χ0n) is 14.0. The molecule has 6 nitrogen and oxygen atoms in total. The minimum atomic E-state index is -0.866. The zero-order chi connectivity index (χ0) is 18.7. The molecule has 0 fully saturated rings. The average molecular weight is 359 g/mol. The SMILES string of the molecule is COc1ccc(-c2cc(C(=O)Nc3ccc(F)cc3F)[nH]n2)c(OC)c1. The molecule has 1 heterocycles. The number of ether oxygens (including phenoxy) is 2. The van der Waals surface area contributed by atoms with Crippen LogP contribution in [0.2, 0.25) is 0 Å². The topological polar surface area (TPSA) is 76.2 Å². The second-order valence-corrected chi connectivity index (χ2v) is 5.31. The molecule has 0 aliphatic heterocycles. The lowest BCUT2D eigenvalue weighted by Crippen LogP contribution is -2.13. The van der Waals surface area contributed by atoms with Crippen LogP contribution < -0.4 is 14.8 Å². The Labute approximate surface area is 147 Å². The summed E-state index contributed by atoms with van der Waals surface area (Å²) < 4.78 is 37.1. The van der Waals surface area contributed by atoms with Crippen molar-refractivity contribution in [1.29, 1.82) is 0 Å². The first-order chi connectivity index (χ1) is 12.5. The third-order valence-electron chi connectivity index (χ3n) is 3.69. The average Bonchev–Trinajstić information content (AvgIpc) is 3.13. The van der Waals surface area contributed by atoms with Gasteiger partial charge in [0.1, 0.15) is 28.8 Å². The molecule has 134 valence electrons. The van der Waals surface area contributed by atoms with Gasteiger partial charge in [-0.15, -0.1) is 0 Å². The number of aromatic nitrogens is 2. The minimum absolute atomic E-state index is 0.113. The number of halogens is 2. The summed E-state index contributed by atoms with van der Waals surface area (Å²) in [6.07, 6.45) is 0. The van der Waals surface area contributed by atoms with Crippen molar-refractivity contribution >= 4 is 11.6 Å². The highest BCUT2D eigenvalue weighted by atomic mass is 19.1. The molecule has 0 saturated carbocycles. The van der Waals surface area contributed by atoms with E-state index in [1.807, 2.05) is 0 Å². The van der Waals surface area contributed by atoms with Gasteiger partial charge in [0.15, 0.2) is 0 Å². The quantitative estimate of drug-likeness (QED) is 0.729. The van der Waals surface area contributed by atoms with Crippen molar-refractivity contribution < 1.29 is 23.0 Å². The number of hydrogen-bond donors (Lipinski definition) is 2. The van der Waals surface area contributed by atoms with Crippen LogP contribution >= 0.6 is 0 Å². The van der Waals surface area contributed by atoms with Gasteiger partial charge in [-0.1, -0.05) is 0 Å². The van der Waals surface area contributed by atoms with E-state index in [1.165, 1.54) is 13.2 Å². The number of aromatic amines is 1. The molecule has 2 aromatic carbocycles. The van der Waals surface area contributed by atoms with Gasteiger partial charge < -0.3 is 14.8 Å². The number of amides is 1. The Balaban J connectivity index is 1.84. The van der Waals surface area contributed by atoms with Crippen LogP contribution in [0.1, 0.15) is 10.5 Å². The van der Waals surface area contributed by atoms with Crippen LogP contribution in [0.3, 0.4) is 0 Å². The van der Waals surface area contributed by atoms with Crippen molar-refractivity contribution in [3.8, 4) is 22.8 Å². The van der Waals surface area contributed by atoms with Gasteiger partial charge in [0.2, 0.25) is 0 Å². The molecule has 26 heavy (non-hydrogen) atoms. The third-order valence-corrected chi connectivity index (χ3v) is 3.69. The summed E-state index contributed by atoms with van der Waals surface area (Å²) in [5, 5.41) is 9.04. The Kier molecular flexibility index (Phi) is 4.83. The molecule has 0 unspecified atom stereocenters. The summed E-state index contributed by atoms with van der Waals surface area (Å²) in [6.45, 7) is 0. The Morgan fingerprint density at radius 2 is 1.88 bits per heavy atom. The van der Waals surface area contributed by atoms with Crippen molar-refractivity contribution in [3.63, 3.8) is 0 Å². The van der Waals surface area contributed by atoms with Crippen molar-refractivity contribution in [3.05, 3.63) is 59.8 Å². The summed E-state index contributed by atoms with van der Waals surface area (Å²) in [5.41, 5.74) is 1.10. The molecule has 3 aromatic rings. The molecule has 3 rings (SSSR count). The largest absolute Gasteiger partial charge is 0.497 e. The summed E-state index contributed by atoms with van der Waals surface area (Å²) in [6, 6.07) is 9.57. The molecule has 0 atom stereocenters. The summed E-state index contributed by atoms with van der Waals surface area (Å²) >= 11 is 0. The van der Waals surface area contributed by atoms with Gasteiger partial charge in [0.25, 0.3) is 5.91 Å². The van der Waals surface area contributed by atoms with E-state index in [-0.39, 0.29) is 11.4 Å². The van der Waals surface area contributed by atoms with Crippen LogP contribution in [-0.4, -0.2) is 30.3 Å². The van der Waals surface area contributed by atoms with Crippen molar-refractivity contribution in [1.82, 2.24) is 10.2 Å². The van der Waals surface area contributed by atoms with E-state index in [9.17, 15) is 13.6 Å². The summed E-state index contributed by atoms with van der Waals surface area (Å²) in [5.74, 6) is -1.06. The van der Waals surface area contributed by atoms with Gasteiger partial charge in [-0.25, -0.2) is 8.78 Å². The van der Waals surface area contributed by atoms with Crippen molar-refractivity contribution in [2.45, 2.75) is 0 Å². The van der Waals surface area contributed by atoms with Gasteiger partial charge in [-0.05, 0) is 30.3 Å². The number of H-pyrrole nitrogens is 1. The highest BCUT2D eigenvalue weighted by molar-refractivity contribution is 6.03. The maximum absolute atomic E-state index is 13.7. The smallest absolute Gasteiger partial charge is 0.273 e. The van der Waals surface area contributed by atoms with E-state index in [4.69, 9.17) is 9.47 Å². The van der Waals surface area contributed by atoms with E-state index < -0.39 is 17.5 Å². The molecule has 8 heteroatoms. The van der Waals surface area contributed by atoms with Gasteiger partial charge in [0, 0.05) is 17.7 Å². The van der Waals surface area contributed by atoms with Gasteiger partial charge in [-0.3, -0.25) is 9.89 Å². The normalized spacial score (nSPS) is 10.5. The second-order valence-electron chi connectivity index (χ2n) is 5.31. The van der Waals surface area contributed by atoms with Gasteiger partial charge >= 0.3 is 0 Å². The van der Waals surface area contributed by atoms with Crippen molar-refractivity contribution in [2.24, 2.45) is 0 Å². The van der Waals surface area contributed by atoms with E-state index in [1.54, 1.807) is 25.3 Å². The number of benzene rings is 2.